The number of rotatable bonds is 6. The van der Waals surface area contributed by atoms with Crippen molar-refractivity contribution >= 4 is 0 Å². The smallest absolute Gasteiger partial charge is 0.161 e. The molecular formula is C18H27NO2. The first-order valence-electron chi connectivity index (χ1n) is 8.17. The monoisotopic (exact) mass is 289 g/mol. The van der Waals surface area contributed by atoms with Crippen molar-refractivity contribution in [3.63, 3.8) is 0 Å². The lowest BCUT2D eigenvalue weighted by Gasteiger charge is -2.28. The highest BCUT2D eigenvalue weighted by atomic mass is 16.5. The maximum Gasteiger partial charge on any atom is 0.161 e. The van der Waals surface area contributed by atoms with E-state index in [0.29, 0.717) is 6.04 Å². The van der Waals surface area contributed by atoms with Crippen molar-refractivity contribution in [2.75, 3.05) is 20.8 Å². The standard InChI is InChI=1S/C18H27NO2/c1-5-6-19(16-7-12(16)2)15-8-13-10-17(20-3)18(21-4)11-14(13)9-15/h10-12,15-16H,5-9H2,1-4H3. The van der Waals surface area contributed by atoms with Crippen LogP contribution in [0.15, 0.2) is 12.1 Å². The number of nitrogens with zero attached hydrogens (tertiary/aromatic N) is 1. The van der Waals surface area contributed by atoms with Gasteiger partial charge in [0.2, 0.25) is 0 Å². The van der Waals surface area contributed by atoms with Gasteiger partial charge in [-0.25, -0.2) is 0 Å². The molecule has 2 atom stereocenters. The van der Waals surface area contributed by atoms with Gasteiger partial charge in [-0.1, -0.05) is 13.8 Å². The molecule has 0 saturated heterocycles. The number of hydrogen-bond acceptors (Lipinski definition) is 3. The van der Waals surface area contributed by atoms with Crippen LogP contribution in [0.25, 0.3) is 0 Å². The summed E-state index contributed by atoms with van der Waals surface area (Å²) in [5.74, 6) is 2.60. The first kappa shape index (κ1) is 14.7. The summed E-state index contributed by atoms with van der Waals surface area (Å²) in [5, 5.41) is 0. The molecule has 0 bridgehead atoms. The normalized spacial score (nSPS) is 24.2. The van der Waals surface area contributed by atoms with Crippen LogP contribution in [0.3, 0.4) is 0 Å². The molecule has 0 amide bonds. The molecule has 1 saturated carbocycles. The molecule has 0 spiro atoms. The van der Waals surface area contributed by atoms with Crippen LogP contribution >= 0.6 is 0 Å². The lowest BCUT2D eigenvalue weighted by atomic mass is 10.1. The second-order valence-electron chi connectivity index (χ2n) is 6.56. The van der Waals surface area contributed by atoms with Gasteiger partial charge in [-0.2, -0.15) is 0 Å². The minimum Gasteiger partial charge on any atom is -0.493 e. The fourth-order valence-electron chi connectivity index (χ4n) is 3.80. The molecule has 3 nitrogen and oxygen atoms in total. The highest BCUT2D eigenvalue weighted by Crippen LogP contribution is 2.41. The predicted molar refractivity (Wildman–Crippen MR) is 85.3 cm³/mol. The lowest BCUT2D eigenvalue weighted by Crippen LogP contribution is -2.39. The van der Waals surface area contributed by atoms with Gasteiger partial charge in [-0.05, 0) is 61.4 Å². The van der Waals surface area contributed by atoms with Crippen LogP contribution in [0.2, 0.25) is 0 Å². The van der Waals surface area contributed by atoms with E-state index in [0.717, 1.165) is 36.3 Å². The summed E-state index contributed by atoms with van der Waals surface area (Å²) < 4.78 is 10.9. The zero-order chi connectivity index (χ0) is 15.0. The largest absolute Gasteiger partial charge is 0.493 e. The van der Waals surface area contributed by atoms with Gasteiger partial charge >= 0.3 is 0 Å². The van der Waals surface area contributed by atoms with Crippen molar-refractivity contribution in [3.05, 3.63) is 23.3 Å². The predicted octanol–water partition coefficient (Wildman–Crippen LogP) is 3.29. The van der Waals surface area contributed by atoms with E-state index in [2.05, 4.69) is 30.9 Å². The molecule has 1 aromatic rings. The molecule has 0 N–H and O–H groups in total. The Hall–Kier alpha value is -1.22. The van der Waals surface area contributed by atoms with E-state index in [1.165, 1.54) is 30.5 Å². The second kappa shape index (κ2) is 5.88. The van der Waals surface area contributed by atoms with Crippen molar-refractivity contribution < 1.29 is 9.47 Å². The number of ether oxygens (including phenoxy) is 2. The van der Waals surface area contributed by atoms with E-state index in [4.69, 9.17) is 9.47 Å². The summed E-state index contributed by atoms with van der Waals surface area (Å²) in [6.45, 7) is 5.89. The van der Waals surface area contributed by atoms with E-state index in [-0.39, 0.29) is 0 Å². The highest BCUT2D eigenvalue weighted by molar-refractivity contribution is 5.49. The first-order chi connectivity index (χ1) is 10.2. The molecule has 1 aromatic carbocycles. The fourth-order valence-corrected chi connectivity index (χ4v) is 3.80. The molecule has 0 aliphatic heterocycles. The molecule has 2 aliphatic rings. The van der Waals surface area contributed by atoms with Gasteiger partial charge in [0.05, 0.1) is 14.2 Å². The van der Waals surface area contributed by atoms with Crippen molar-refractivity contribution in [1.82, 2.24) is 4.90 Å². The molecule has 0 aromatic heterocycles. The summed E-state index contributed by atoms with van der Waals surface area (Å²) in [5.41, 5.74) is 2.87. The molecule has 3 rings (SSSR count). The molecule has 0 radical (unpaired) electrons. The van der Waals surface area contributed by atoms with E-state index in [1.807, 2.05) is 0 Å². The van der Waals surface area contributed by atoms with Gasteiger partial charge < -0.3 is 9.47 Å². The third kappa shape index (κ3) is 2.76. The molecule has 0 heterocycles. The quantitative estimate of drug-likeness (QED) is 0.802. The summed E-state index contributed by atoms with van der Waals surface area (Å²) in [6.07, 6.45) is 4.92. The highest BCUT2D eigenvalue weighted by Gasteiger charge is 2.42. The molecule has 116 valence electrons. The van der Waals surface area contributed by atoms with Crippen LogP contribution < -0.4 is 9.47 Å². The van der Waals surface area contributed by atoms with Crippen LogP contribution in [0.5, 0.6) is 11.5 Å². The van der Waals surface area contributed by atoms with Crippen molar-refractivity contribution in [2.45, 2.75) is 51.6 Å². The van der Waals surface area contributed by atoms with Gasteiger partial charge in [0, 0.05) is 12.1 Å². The number of fused-ring (bicyclic) bond motifs is 1. The summed E-state index contributed by atoms with van der Waals surface area (Å²) in [4.78, 5) is 2.75. The third-order valence-corrected chi connectivity index (χ3v) is 5.06. The fraction of sp³-hybridized carbons (Fsp3) is 0.667. The van der Waals surface area contributed by atoms with E-state index >= 15 is 0 Å². The Labute approximate surface area is 128 Å². The summed E-state index contributed by atoms with van der Waals surface area (Å²) >= 11 is 0. The van der Waals surface area contributed by atoms with E-state index in [1.54, 1.807) is 14.2 Å². The van der Waals surface area contributed by atoms with Gasteiger partial charge in [0.15, 0.2) is 11.5 Å². The van der Waals surface area contributed by atoms with Crippen molar-refractivity contribution in [2.24, 2.45) is 5.92 Å². The van der Waals surface area contributed by atoms with E-state index < -0.39 is 0 Å². The molecule has 21 heavy (non-hydrogen) atoms. The topological polar surface area (TPSA) is 21.7 Å². The number of hydrogen-bond donors (Lipinski definition) is 0. The van der Waals surface area contributed by atoms with Crippen LogP contribution in [0, 0.1) is 5.92 Å². The minimum absolute atomic E-state index is 0.659. The summed E-state index contributed by atoms with van der Waals surface area (Å²) in [7, 11) is 3.43. The number of benzene rings is 1. The minimum atomic E-state index is 0.659. The van der Waals surface area contributed by atoms with Crippen molar-refractivity contribution in [3.8, 4) is 11.5 Å². The SMILES string of the molecule is CCCN(C1Cc2cc(OC)c(OC)cc2C1)C1CC1C. The Morgan fingerprint density at radius 2 is 1.62 bits per heavy atom. The Kier molecular flexibility index (Phi) is 4.12. The average Bonchev–Trinajstić information content (AvgIpc) is 3.06. The third-order valence-electron chi connectivity index (χ3n) is 5.06. The Balaban J connectivity index is 1.79. The maximum absolute atomic E-state index is 5.44. The molecule has 2 aliphatic carbocycles. The maximum atomic E-state index is 5.44. The number of methoxy groups -OCH3 is 2. The zero-order valence-electron chi connectivity index (χ0n) is 13.7. The zero-order valence-corrected chi connectivity index (χ0v) is 13.7. The van der Waals surface area contributed by atoms with Crippen LogP contribution in [0.4, 0.5) is 0 Å². The average molecular weight is 289 g/mol. The van der Waals surface area contributed by atoms with Gasteiger partial charge in [-0.3, -0.25) is 4.90 Å². The van der Waals surface area contributed by atoms with Crippen LogP contribution in [-0.4, -0.2) is 37.7 Å². The summed E-state index contributed by atoms with van der Waals surface area (Å²) in [6, 6.07) is 5.82. The van der Waals surface area contributed by atoms with Gasteiger partial charge in [-0.15, -0.1) is 0 Å². The van der Waals surface area contributed by atoms with Crippen molar-refractivity contribution in [1.29, 1.82) is 0 Å². The molecular weight excluding hydrogens is 262 g/mol. The van der Waals surface area contributed by atoms with Gasteiger partial charge in [0.25, 0.3) is 0 Å². The van der Waals surface area contributed by atoms with Gasteiger partial charge in [0.1, 0.15) is 0 Å². The Morgan fingerprint density at radius 1 is 1.10 bits per heavy atom. The lowest BCUT2D eigenvalue weighted by molar-refractivity contribution is 0.184. The van der Waals surface area contributed by atoms with E-state index in [9.17, 15) is 0 Å². The Morgan fingerprint density at radius 3 is 2.00 bits per heavy atom. The molecule has 1 fully saturated rings. The second-order valence-corrected chi connectivity index (χ2v) is 6.56. The first-order valence-corrected chi connectivity index (χ1v) is 8.17. The van der Waals surface area contributed by atoms with Crippen LogP contribution in [-0.2, 0) is 12.8 Å². The van der Waals surface area contributed by atoms with Crippen LogP contribution in [0.1, 0.15) is 37.8 Å². The molecule has 3 heteroatoms. The molecule has 2 unspecified atom stereocenters. The Bertz CT molecular complexity index is 481.